The van der Waals surface area contributed by atoms with E-state index in [4.69, 9.17) is 9.47 Å². The molecule has 3 aromatic rings. The molecule has 32 heavy (non-hydrogen) atoms. The van der Waals surface area contributed by atoms with Crippen molar-refractivity contribution in [3.05, 3.63) is 60.4 Å². The Hall–Kier alpha value is -3.68. The van der Waals surface area contributed by atoms with Crippen LogP contribution < -0.4 is 19.7 Å². The van der Waals surface area contributed by atoms with E-state index in [1.165, 1.54) is 12.1 Å². The maximum absolute atomic E-state index is 13.1. The van der Waals surface area contributed by atoms with Gasteiger partial charge in [0, 0.05) is 24.7 Å². The summed E-state index contributed by atoms with van der Waals surface area (Å²) in [7, 11) is 3.14. The molecule has 7 nitrogen and oxygen atoms in total. The van der Waals surface area contributed by atoms with E-state index < -0.39 is 0 Å². The van der Waals surface area contributed by atoms with Crippen LogP contribution in [-0.2, 0) is 4.79 Å². The minimum Gasteiger partial charge on any atom is -0.497 e. The zero-order valence-corrected chi connectivity index (χ0v) is 18.0. The van der Waals surface area contributed by atoms with E-state index >= 15 is 0 Å². The van der Waals surface area contributed by atoms with E-state index in [0.29, 0.717) is 35.2 Å². The van der Waals surface area contributed by atoms with Gasteiger partial charge in [-0.15, -0.1) is 10.2 Å². The lowest BCUT2D eigenvalue weighted by molar-refractivity contribution is -0.120. The summed E-state index contributed by atoms with van der Waals surface area (Å²) in [5, 5.41) is 11.6. The molecule has 0 bridgehead atoms. The number of carbonyl (C=O) groups is 1. The number of benzene rings is 2. The molecule has 1 N–H and O–H groups in total. The maximum atomic E-state index is 13.1. The summed E-state index contributed by atoms with van der Waals surface area (Å²) < 4.78 is 23.8. The molecule has 1 unspecified atom stereocenters. The summed E-state index contributed by atoms with van der Waals surface area (Å²) in [6.45, 7) is 1.35. The Bertz CT molecular complexity index is 1070. The summed E-state index contributed by atoms with van der Waals surface area (Å²) >= 11 is 0. The Morgan fingerprint density at radius 1 is 1.06 bits per heavy atom. The third kappa shape index (κ3) is 4.80. The molecule has 2 heterocycles. The lowest BCUT2D eigenvalue weighted by Gasteiger charge is -2.32. The number of aromatic nitrogens is 2. The fraction of sp³-hybridized carbons (Fsp3) is 0.292. The Morgan fingerprint density at radius 2 is 1.88 bits per heavy atom. The molecule has 2 aromatic carbocycles. The first-order valence-corrected chi connectivity index (χ1v) is 10.4. The summed E-state index contributed by atoms with van der Waals surface area (Å²) in [6, 6.07) is 15.2. The number of nitrogens with one attached hydrogen (secondary N) is 1. The minimum atomic E-state index is -0.289. The van der Waals surface area contributed by atoms with Gasteiger partial charge in [-0.1, -0.05) is 0 Å². The molecule has 1 atom stereocenters. The van der Waals surface area contributed by atoms with Gasteiger partial charge < -0.3 is 19.7 Å². The Morgan fingerprint density at radius 3 is 2.56 bits per heavy atom. The predicted molar refractivity (Wildman–Crippen MR) is 121 cm³/mol. The molecule has 0 aliphatic carbocycles. The molecule has 8 heteroatoms. The smallest absolute Gasteiger partial charge is 0.229 e. The third-order valence-corrected chi connectivity index (χ3v) is 5.57. The summed E-state index contributed by atoms with van der Waals surface area (Å²) in [5.41, 5.74) is 2.05. The highest BCUT2D eigenvalue weighted by atomic mass is 19.1. The number of piperidine rings is 1. The molecule has 1 saturated heterocycles. The normalized spacial score (nSPS) is 15.8. The van der Waals surface area contributed by atoms with Crippen LogP contribution in [0.25, 0.3) is 11.3 Å². The van der Waals surface area contributed by atoms with Crippen LogP contribution in [0.5, 0.6) is 11.5 Å². The van der Waals surface area contributed by atoms with Gasteiger partial charge in [-0.05, 0) is 61.4 Å². The number of halogens is 1. The SMILES string of the molecule is COc1ccc(OC)c(NC(=O)C2CCCN(c3ccc(-c4ccc(F)cc4)nn3)C2)c1. The second-order valence-corrected chi connectivity index (χ2v) is 7.62. The predicted octanol–water partition coefficient (Wildman–Crippen LogP) is 4.16. The van der Waals surface area contributed by atoms with Crippen molar-refractivity contribution in [2.24, 2.45) is 5.92 Å². The Kier molecular flexibility index (Phi) is 6.49. The number of hydrogen-bond acceptors (Lipinski definition) is 6. The number of nitrogens with zero attached hydrogens (tertiary/aromatic N) is 3. The topological polar surface area (TPSA) is 76.6 Å². The molecule has 0 saturated carbocycles. The quantitative estimate of drug-likeness (QED) is 0.626. The van der Waals surface area contributed by atoms with E-state index in [9.17, 15) is 9.18 Å². The van der Waals surface area contributed by atoms with Gasteiger partial charge in [0.25, 0.3) is 0 Å². The van der Waals surface area contributed by atoms with Crippen molar-refractivity contribution < 1.29 is 18.7 Å². The van der Waals surface area contributed by atoms with Crippen LogP contribution in [0.15, 0.2) is 54.6 Å². The van der Waals surface area contributed by atoms with Gasteiger partial charge >= 0.3 is 0 Å². The number of anilines is 2. The zero-order valence-electron chi connectivity index (χ0n) is 18.0. The van der Waals surface area contributed by atoms with Crippen LogP contribution in [-0.4, -0.2) is 43.4 Å². The van der Waals surface area contributed by atoms with E-state index in [0.717, 1.165) is 24.9 Å². The lowest BCUT2D eigenvalue weighted by Crippen LogP contribution is -2.41. The van der Waals surface area contributed by atoms with Gasteiger partial charge in [0.05, 0.1) is 31.5 Å². The molecule has 1 aliphatic rings. The first-order chi connectivity index (χ1) is 15.6. The van der Waals surface area contributed by atoms with Crippen molar-refractivity contribution in [2.75, 3.05) is 37.5 Å². The molecule has 0 spiro atoms. The first kappa shape index (κ1) is 21.5. The highest BCUT2D eigenvalue weighted by Gasteiger charge is 2.27. The maximum Gasteiger partial charge on any atom is 0.229 e. The van der Waals surface area contributed by atoms with Crippen LogP contribution in [0.4, 0.5) is 15.9 Å². The van der Waals surface area contributed by atoms with E-state index in [1.54, 1.807) is 44.6 Å². The van der Waals surface area contributed by atoms with Crippen LogP contribution >= 0.6 is 0 Å². The molecular weight excluding hydrogens is 411 g/mol. The highest BCUT2D eigenvalue weighted by Crippen LogP contribution is 2.30. The molecule has 166 valence electrons. The van der Waals surface area contributed by atoms with Crippen LogP contribution in [0.2, 0.25) is 0 Å². The fourth-order valence-electron chi connectivity index (χ4n) is 3.81. The van der Waals surface area contributed by atoms with Crippen molar-refractivity contribution in [1.82, 2.24) is 10.2 Å². The fourth-order valence-corrected chi connectivity index (χ4v) is 3.81. The molecular formula is C24H25FN4O3. The van der Waals surface area contributed by atoms with Crippen LogP contribution in [0, 0.1) is 11.7 Å². The second-order valence-electron chi connectivity index (χ2n) is 7.62. The van der Waals surface area contributed by atoms with Gasteiger partial charge in [0.15, 0.2) is 5.82 Å². The van der Waals surface area contributed by atoms with Crippen molar-refractivity contribution in [3.63, 3.8) is 0 Å². The van der Waals surface area contributed by atoms with Crippen molar-refractivity contribution >= 4 is 17.4 Å². The van der Waals surface area contributed by atoms with E-state index in [-0.39, 0.29) is 17.6 Å². The number of carbonyl (C=O) groups excluding carboxylic acids is 1. The molecule has 1 amide bonds. The summed E-state index contributed by atoms with van der Waals surface area (Å²) in [5.74, 6) is 1.38. The summed E-state index contributed by atoms with van der Waals surface area (Å²) in [4.78, 5) is 15.0. The van der Waals surface area contributed by atoms with Crippen LogP contribution in [0.3, 0.4) is 0 Å². The number of rotatable bonds is 6. The van der Waals surface area contributed by atoms with Crippen molar-refractivity contribution in [3.8, 4) is 22.8 Å². The largest absolute Gasteiger partial charge is 0.497 e. The third-order valence-electron chi connectivity index (χ3n) is 5.57. The molecule has 1 fully saturated rings. The summed E-state index contributed by atoms with van der Waals surface area (Å²) in [6.07, 6.45) is 1.66. The lowest BCUT2D eigenvalue weighted by atomic mass is 9.97. The molecule has 1 aromatic heterocycles. The number of ether oxygens (including phenoxy) is 2. The molecule has 0 radical (unpaired) electrons. The van der Waals surface area contributed by atoms with E-state index in [1.807, 2.05) is 12.1 Å². The average molecular weight is 436 g/mol. The van der Waals surface area contributed by atoms with Crippen LogP contribution in [0.1, 0.15) is 12.8 Å². The van der Waals surface area contributed by atoms with E-state index in [2.05, 4.69) is 20.4 Å². The Balaban J connectivity index is 1.44. The van der Waals surface area contributed by atoms with Crippen molar-refractivity contribution in [1.29, 1.82) is 0 Å². The number of hydrogen-bond donors (Lipinski definition) is 1. The number of amides is 1. The van der Waals surface area contributed by atoms with Gasteiger partial charge in [-0.25, -0.2) is 4.39 Å². The zero-order chi connectivity index (χ0) is 22.5. The van der Waals surface area contributed by atoms with Gasteiger partial charge in [0.1, 0.15) is 17.3 Å². The first-order valence-electron chi connectivity index (χ1n) is 10.4. The van der Waals surface area contributed by atoms with Gasteiger partial charge in [-0.2, -0.15) is 0 Å². The monoisotopic (exact) mass is 436 g/mol. The molecule has 4 rings (SSSR count). The number of methoxy groups -OCH3 is 2. The molecule has 1 aliphatic heterocycles. The van der Waals surface area contributed by atoms with Gasteiger partial charge in [-0.3, -0.25) is 4.79 Å². The van der Waals surface area contributed by atoms with Crippen molar-refractivity contribution in [2.45, 2.75) is 12.8 Å². The second kappa shape index (κ2) is 9.64. The standard InChI is InChI=1S/C24H25FN4O3/c1-31-19-9-11-22(32-2)21(14-19)26-24(30)17-4-3-13-29(15-17)23-12-10-20(27-28-23)16-5-7-18(25)8-6-16/h5-12,14,17H,3-4,13,15H2,1-2H3,(H,26,30). The van der Waals surface area contributed by atoms with Gasteiger partial charge in [0.2, 0.25) is 5.91 Å². The Labute approximate surface area is 186 Å². The average Bonchev–Trinajstić information content (AvgIpc) is 2.84. The highest BCUT2D eigenvalue weighted by molar-refractivity contribution is 5.94. The minimum absolute atomic E-state index is 0.0721.